The molecule has 5 heteroatoms. The van der Waals surface area contributed by atoms with Crippen LogP contribution < -0.4 is 5.73 Å². The van der Waals surface area contributed by atoms with Crippen LogP contribution in [0.2, 0.25) is 0 Å². The number of nitrogens with zero attached hydrogens (tertiary/aromatic N) is 4. The summed E-state index contributed by atoms with van der Waals surface area (Å²) in [5, 5.41) is 4.44. The van der Waals surface area contributed by atoms with Crippen LogP contribution in [0.25, 0.3) is 5.78 Å². The second kappa shape index (κ2) is 3.94. The van der Waals surface area contributed by atoms with Gasteiger partial charge in [0, 0.05) is 0 Å². The van der Waals surface area contributed by atoms with Crippen LogP contribution >= 0.6 is 0 Å². The lowest BCUT2D eigenvalue weighted by Gasteiger charge is -2.02. The minimum absolute atomic E-state index is 0.671. The zero-order chi connectivity index (χ0) is 10.8. The van der Waals surface area contributed by atoms with Gasteiger partial charge in [-0.1, -0.05) is 0 Å². The molecule has 5 nitrogen and oxygen atoms in total. The second-order valence-electron chi connectivity index (χ2n) is 3.64. The van der Waals surface area contributed by atoms with Crippen molar-refractivity contribution in [2.24, 2.45) is 5.73 Å². The molecule has 15 heavy (non-hydrogen) atoms. The van der Waals surface area contributed by atoms with Crippen molar-refractivity contribution in [3.05, 3.63) is 23.3 Å². The van der Waals surface area contributed by atoms with Crippen LogP contribution in [0, 0.1) is 13.8 Å². The molecular weight excluding hydrogens is 190 g/mol. The van der Waals surface area contributed by atoms with Crippen LogP contribution in [0.15, 0.2) is 6.20 Å². The number of fused-ring (bicyclic) bond motifs is 1. The summed E-state index contributed by atoms with van der Waals surface area (Å²) >= 11 is 0. The summed E-state index contributed by atoms with van der Waals surface area (Å²) in [6.07, 6.45) is 3.67. The monoisotopic (exact) mass is 205 g/mol. The van der Waals surface area contributed by atoms with Crippen LogP contribution in [0.3, 0.4) is 0 Å². The van der Waals surface area contributed by atoms with Gasteiger partial charge >= 0.3 is 0 Å². The van der Waals surface area contributed by atoms with E-state index in [2.05, 4.69) is 15.1 Å². The Bertz CT molecular complexity index is 474. The number of hydrogen-bond acceptors (Lipinski definition) is 4. The van der Waals surface area contributed by atoms with Gasteiger partial charge in [-0.25, -0.2) is 14.5 Å². The Kier molecular flexibility index (Phi) is 2.64. The van der Waals surface area contributed by atoms with Gasteiger partial charge < -0.3 is 5.73 Å². The third kappa shape index (κ3) is 1.83. The van der Waals surface area contributed by atoms with Crippen molar-refractivity contribution in [1.82, 2.24) is 19.6 Å². The molecule has 0 radical (unpaired) electrons. The maximum Gasteiger partial charge on any atom is 0.251 e. The lowest BCUT2D eigenvalue weighted by molar-refractivity contribution is 0.749. The van der Waals surface area contributed by atoms with Gasteiger partial charge in [0.1, 0.15) is 0 Å². The van der Waals surface area contributed by atoms with E-state index >= 15 is 0 Å². The summed E-state index contributed by atoms with van der Waals surface area (Å²) < 4.78 is 1.80. The van der Waals surface area contributed by atoms with Gasteiger partial charge in [0.2, 0.25) is 0 Å². The molecule has 0 aromatic carbocycles. The summed E-state index contributed by atoms with van der Waals surface area (Å²) in [6, 6.07) is 0. The molecule has 80 valence electrons. The van der Waals surface area contributed by atoms with Gasteiger partial charge in [0.15, 0.2) is 0 Å². The topological polar surface area (TPSA) is 69.1 Å². The molecule has 2 aromatic heterocycles. The van der Waals surface area contributed by atoms with E-state index in [1.807, 2.05) is 20.0 Å². The zero-order valence-electron chi connectivity index (χ0n) is 9.06. The Morgan fingerprint density at radius 3 is 2.87 bits per heavy atom. The Morgan fingerprint density at radius 1 is 1.33 bits per heavy atom. The van der Waals surface area contributed by atoms with Gasteiger partial charge in [-0.3, -0.25) is 0 Å². The normalized spacial score (nSPS) is 11.1. The van der Waals surface area contributed by atoms with Crippen molar-refractivity contribution in [3.8, 4) is 0 Å². The molecule has 0 spiro atoms. The molecule has 0 bridgehead atoms. The molecule has 0 aliphatic carbocycles. The van der Waals surface area contributed by atoms with E-state index in [4.69, 9.17) is 5.73 Å². The predicted molar refractivity (Wildman–Crippen MR) is 57.6 cm³/mol. The van der Waals surface area contributed by atoms with Crippen molar-refractivity contribution in [2.45, 2.75) is 26.7 Å². The van der Waals surface area contributed by atoms with Crippen LogP contribution in [-0.2, 0) is 6.42 Å². The first-order valence-corrected chi connectivity index (χ1v) is 5.10. The predicted octanol–water partition coefficient (Wildman–Crippen LogP) is 0.632. The molecule has 0 unspecified atom stereocenters. The Morgan fingerprint density at radius 2 is 2.13 bits per heavy atom. The number of aryl methyl sites for hydroxylation is 3. The molecule has 2 N–H and O–H groups in total. The molecule has 0 amide bonds. The van der Waals surface area contributed by atoms with E-state index in [1.54, 1.807) is 4.52 Å². The Hall–Kier alpha value is -1.49. The van der Waals surface area contributed by atoms with E-state index in [0.29, 0.717) is 12.3 Å². The lowest BCUT2D eigenvalue weighted by atomic mass is 10.2. The largest absolute Gasteiger partial charge is 0.330 e. The average molecular weight is 205 g/mol. The van der Waals surface area contributed by atoms with Gasteiger partial charge in [-0.15, -0.1) is 0 Å². The van der Waals surface area contributed by atoms with Gasteiger partial charge in [0.05, 0.1) is 23.3 Å². The second-order valence-corrected chi connectivity index (χ2v) is 3.64. The van der Waals surface area contributed by atoms with Crippen molar-refractivity contribution < 1.29 is 0 Å². The number of rotatable bonds is 3. The maximum absolute atomic E-state index is 5.48. The van der Waals surface area contributed by atoms with Gasteiger partial charge in [-0.05, 0) is 33.2 Å². The van der Waals surface area contributed by atoms with E-state index in [9.17, 15) is 0 Å². The number of aromatic nitrogens is 4. The molecule has 0 aliphatic rings. The fraction of sp³-hybridized carbons (Fsp3) is 0.500. The Labute approximate surface area is 88.3 Å². The Balaban J connectivity index is 2.45. The smallest absolute Gasteiger partial charge is 0.251 e. The molecular formula is C10H15N5. The fourth-order valence-corrected chi connectivity index (χ4v) is 1.46. The summed E-state index contributed by atoms with van der Waals surface area (Å²) in [4.78, 5) is 8.58. The summed E-state index contributed by atoms with van der Waals surface area (Å²) in [5.41, 5.74) is 8.42. The van der Waals surface area contributed by atoms with Crippen LogP contribution in [-0.4, -0.2) is 26.1 Å². The van der Waals surface area contributed by atoms with Crippen molar-refractivity contribution in [2.75, 3.05) is 6.54 Å². The number of hydrogen-bond donors (Lipinski definition) is 1. The molecule has 0 aliphatic heterocycles. The highest BCUT2D eigenvalue weighted by Gasteiger charge is 2.07. The van der Waals surface area contributed by atoms with Crippen molar-refractivity contribution in [3.63, 3.8) is 0 Å². The van der Waals surface area contributed by atoms with Crippen LogP contribution in [0.1, 0.15) is 23.5 Å². The SMILES string of the molecule is Cc1nc2ncc(CCCN)n2nc1C. The van der Waals surface area contributed by atoms with Crippen LogP contribution in [0.4, 0.5) is 0 Å². The molecule has 0 saturated carbocycles. The fourth-order valence-electron chi connectivity index (χ4n) is 1.46. The third-order valence-corrected chi connectivity index (χ3v) is 2.47. The quantitative estimate of drug-likeness (QED) is 0.798. The number of nitrogens with two attached hydrogens (primary N) is 1. The summed E-state index contributed by atoms with van der Waals surface area (Å²) in [6.45, 7) is 4.58. The zero-order valence-corrected chi connectivity index (χ0v) is 9.06. The standard InChI is InChI=1S/C10H15N5/c1-7-8(2)14-15-9(4-3-5-11)6-12-10(15)13-7/h6H,3-5,11H2,1-2H3. The molecule has 0 saturated heterocycles. The highest BCUT2D eigenvalue weighted by molar-refractivity contribution is 5.31. The van der Waals surface area contributed by atoms with Crippen molar-refractivity contribution >= 4 is 5.78 Å². The average Bonchev–Trinajstić information content (AvgIpc) is 2.59. The lowest BCUT2D eigenvalue weighted by Crippen LogP contribution is -2.06. The minimum Gasteiger partial charge on any atom is -0.330 e. The van der Waals surface area contributed by atoms with E-state index in [0.717, 1.165) is 29.9 Å². The summed E-state index contributed by atoms with van der Waals surface area (Å²) in [7, 11) is 0. The maximum atomic E-state index is 5.48. The summed E-state index contributed by atoms with van der Waals surface area (Å²) in [5.74, 6) is 0.671. The highest BCUT2D eigenvalue weighted by Crippen LogP contribution is 2.07. The first kappa shape index (κ1) is 10.0. The van der Waals surface area contributed by atoms with E-state index in [-0.39, 0.29) is 0 Å². The number of imidazole rings is 1. The van der Waals surface area contributed by atoms with Gasteiger partial charge in [0.25, 0.3) is 5.78 Å². The molecule has 0 fully saturated rings. The van der Waals surface area contributed by atoms with Crippen molar-refractivity contribution in [1.29, 1.82) is 0 Å². The molecule has 2 heterocycles. The first-order chi connectivity index (χ1) is 7.22. The minimum atomic E-state index is 0.671. The molecule has 2 aromatic rings. The van der Waals surface area contributed by atoms with E-state index < -0.39 is 0 Å². The first-order valence-electron chi connectivity index (χ1n) is 5.10. The third-order valence-electron chi connectivity index (χ3n) is 2.47. The van der Waals surface area contributed by atoms with Gasteiger partial charge in [-0.2, -0.15) is 5.10 Å². The highest BCUT2D eigenvalue weighted by atomic mass is 15.3. The molecule has 0 atom stereocenters. The van der Waals surface area contributed by atoms with E-state index in [1.165, 1.54) is 0 Å². The van der Waals surface area contributed by atoms with Crippen LogP contribution in [0.5, 0.6) is 0 Å². The molecule has 2 rings (SSSR count).